The number of hydrogen-bond donors (Lipinski definition) is 1. The van der Waals surface area contributed by atoms with Crippen molar-refractivity contribution in [3.05, 3.63) is 65.3 Å². The first kappa shape index (κ1) is 19.6. The topological polar surface area (TPSA) is 15.3 Å². The van der Waals surface area contributed by atoms with Crippen molar-refractivity contribution >= 4 is 16.3 Å². The van der Waals surface area contributed by atoms with Crippen LogP contribution in [-0.4, -0.2) is 31.1 Å². The molecule has 0 aliphatic heterocycles. The van der Waals surface area contributed by atoms with Gasteiger partial charge in [-0.3, -0.25) is 0 Å². The van der Waals surface area contributed by atoms with Gasteiger partial charge in [0.1, 0.15) is 0 Å². The number of nitrogens with zero attached hydrogens (tertiary/aromatic N) is 1. The Labute approximate surface area is 167 Å². The number of likely N-dealkylation sites (N-methyl/N-ethyl adjacent to an activating group) is 1. The standard InChI is InChI=1S/C19H20N.C4H10N.Ti/c1-14-18-7-5-4-6-16(18)10-11-19(14)17-9-8-15(12-17)13-20(2)3;1-4(2,3)5;/h4-8,10-12H,1,9,13H2,2-3H3;5H,1-3H3;/q;-1;+1. The molecule has 26 heavy (non-hydrogen) atoms. The monoisotopic (exact) mass is 382 g/mol. The first-order chi connectivity index (χ1) is 12.3. The molecule has 0 bridgehead atoms. The third kappa shape index (κ3) is 4.95. The van der Waals surface area contributed by atoms with E-state index in [2.05, 4.69) is 92.1 Å². The molecule has 0 atom stereocenters. The van der Waals surface area contributed by atoms with Crippen LogP contribution in [0.4, 0.5) is 0 Å². The van der Waals surface area contributed by atoms with Crippen molar-refractivity contribution in [2.45, 2.75) is 37.5 Å². The van der Waals surface area contributed by atoms with E-state index in [-0.39, 0.29) is 24.9 Å². The zero-order valence-electron chi connectivity index (χ0n) is 16.7. The molecule has 0 saturated heterocycles. The van der Waals surface area contributed by atoms with E-state index in [1.54, 1.807) is 0 Å². The van der Waals surface area contributed by atoms with Crippen LogP contribution in [-0.2, 0) is 24.1 Å². The van der Waals surface area contributed by atoms with E-state index < -0.39 is 0 Å². The average molecular weight is 382 g/mol. The van der Waals surface area contributed by atoms with Gasteiger partial charge in [-0.15, -0.1) is 0 Å². The molecule has 2 aromatic carbocycles. The van der Waals surface area contributed by atoms with Crippen LogP contribution in [0.15, 0.2) is 54.1 Å². The second-order valence-electron chi connectivity index (χ2n) is 8.43. The van der Waals surface area contributed by atoms with Crippen molar-refractivity contribution in [1.29, 1.82) is 0 Å². The third-order valence-corrected chi connectivity index (χ3v) is 6.83. The van der Waals surface area contributed by atoms with Crippen molar-refractivity contribution < 1.29 is 19.4 Å². The van der Waals surface area contributed by atoms with Gasteiger partial charge in [-0.05, 0) is 0 Å². The first-order valence-corrected chi connectivity index (χ1v) is 11.3. The molecule has 3 heteroatoms. The van der Waals surface area contributed by atoms with Gasteiger partial charge < -0.3 is 0 Å². The SMILES string of the molecule is CN(C)CC1=CCC(c2ccc3ccccc3c2[CH2][Ti][NH]C(C)(C)C)=C1. The van der Waals surface area contributed by atoms with Crippen LogP contribution in [0, 0.1) is 0 Å². The fraction of sp³-hybridized carbons (Fsp3) is 0.391. The Morgan fingerprint density at radius 3 is 2.58 bits per heavy atom. The summed E-state index contributed by atoms with van der Waals surface area (Å²) in [5.74, 6) is 0. The van der Waals surface area contributed by atoms with Gasteiger partial charge in [0.25, 0.3) is 0 Å². The number of allylic oxidation sites excluding steroid dienone is 2. The van der Waals surface area contributed by atoms with E-state index >= 15 is 0 Å². The first-order valence-electron chi connectivity index (χ1n) is 9.39. The number of fused-ring (bicyclic) bond motifs is 1. The summed E-state index contributed by atoms with van der Waals surface area (Å²) in [7, 11) is 4.27. The zero-order valence-corrected chi connectivity index (χ0v) is 18.2. The summed E-state index contributed by atoms with van der Waals surface area (Å²) < 4.78 is 4.95. The van der Waals surface area contributed by atoms with Crippen molar-refractivity contribution in [2.75, 3.05) is 20.6 Å². The average Bonchev–Trinajstić information content (AvgIpc) is 3.01. The predicted molar refractivity (Wildman–Crippen MR) is 110 cm³/mol. The molecular weight excluding hydrogens is 352 g/mol. The maximum absolute atomic E-state index is 3.77. The fourth-order valence-electron chi connectivity index (χ4n) is 3.47. The van der Waals surface area contributed by atoms with Crippen LogP contribution in [0.1, 0.15) is 38.3 Å². The number of benzene rings is 2. The number of nitrogens with one attached hydrogen (secondary N) is 1. The van der Waals surface area contributed by atoms with Crippen LogP contribution in [0.3, 0.4) is 0 Å². The second kappa shape index (κ2) is 8.23. The Balaban J connectivity index is 1.93. The van der Waals surface area contributed by atoms with Gasteiger partial charge in [0, 0.05) is 0 Å². The quantitative estimate of drug-likeness (QED) is 0.708. The summed E-state index contributed by atoms with van der Waals surface area (Å²) in [6.45, 7) is 7.80. The molecule has 2 aromatic rings. The third-order valence-electron chi connectivity index (χ3n) is 4.56. The number of rotatable bonds is 6. The number of hydrogen-bond acceptors (Lipinski definition) is 2. The molecule has 0 heterocycles. The van der Waals surface area contributed by atoms with Gasteiger partial charge in [-0.2, -0.15) is 0 Å². The van der Waals surface area contributed by atoms with Gasteiger partial charge in [0.2, 0.25) is 0 Å². The van der Waals surface area contributed by atoms with Gasteiger partial charge >= 0.3 is 168 Å². The molecule has 0 saturated carbocycles. The van der Waals surface area contributed by atoms with Crippen LogP contribution >= 0.6 is 0 Å². The molecule has 136 valence electrons. The van der Waals surface area contributed by atoms with Gasteiger partial charge in [0.15, 0.2) is 0 Å². The van der Waals surface area contributed by atoms with Crippen LogP contribution in [0.25, 0.3) is 16.3 Å². The second-order valence-corrected chi connectivity index (χ2v) is 9.93. The van der Waals surface area contributed by atoms with E-state index in [1.165, 1.54) is 37.8 Å². The van der Waals surface area contributed by atoms with Crippen LogP contribution in [0.2, 0.25) is 0 Å². The van der Waals surface area contributed by atoms with Crippen molar-refractivity contribution in [3.8, 4) is 0 Å². The Bertz CT molecular complexity index is 841. The van der Waals surface area contributed by atoms with Gasteiger partial charge in [-0.1, -0.05) is 0 Å². The molecule has 0 radical (unpaired) electrons. The summed E-state index contributed by atoms with van der Waals surface area (Å²) >= 11 is -0.226. The molecule has 0 unspecified atom stereocenters. The van der Waals surface area contributed by atoms with Crippen molar-refractivity contribution in [1.82, 2.24) is 8.70 Å². The predicted octanol–water partition coefficient (Wildman–Crippen LogP) is 5.00. The van der Waals surface area contributed by atoms with Gasteiger partial charge in [-0.25, -0.2) is 0 Å². The molecule has 0 amide bonds. The molecule has 3 rings (SSSR count). The van der Waals surface area contributed by atoms with E-state index in [1.807, 2.05) is 0 Å². The molecule has 1 N–H and O–H groups in total. The van der Waals surface area contributed by atoms with Crippen LogP contribution < -0.4 is 3.80 Å². The Morgan fingerprint density at radius 2 is 1.85 bits per heavy atom. The summed E-state index contributed by atoms with van der Waals surface area (Å²) in [6, 6.07) is 13.5. The minimum absolute atomic E-state index is 0.206. The van der Waals surface area contributed by atoms with Crippen molar-refractivity contribution in [3.63, 3.8) is 0 Å². The summed E-state index contributed by atoms with van der Waals surface area (Å²) in [4.78, 5) is 2.24. The van der Waals surface area contributed by atoms with E-state index in [9.17, 15) is 0 Å². The van der Waals surface area contributed by atoms with Crippen molar-refractivity contribution in [2.24, 2.45) is 0 Å². The zero-order chi connectivity index (χ0) is 18.7. The normalized spacial score (nSPS) is 14.7. The molecule has 0 spiro atoms. The molecule has 1 aliphatic carbocycles. The maximum atomic E-state index is 3.77. The van der Waals surface area contributed by atoms with Crippen LogP contribution in [0.5, 0.6) is 0 Å². The molecule has 2 nitrogen and oxygen atoms in total. The molecule has 0 aromatic heterocycles. The Morgan fingerprint density at radius 1 is 1.08 bits per heavy atom. The molecular formula is C23H30N2Ti. The molecule has 1 aliphatic rings. The fourth-order valence-corrected chi connectivity index (χ4v) is 5.31. The minimum atomic E-state index is -0.226. The van der Waals surface area contributed by atoms with E-state index in [0.717, 1.165) is 13.0 Å². The molecule has 0 fully saturated rings. The summed E-state index contributed by atoms with van der Waals surface area (Å²) in [5, 5.41) is 2.78. The van der Waals surface area contributed by atoms with Gasteiger partial charge in [0.05, 0.1) is 0 Å². The van der Waals surface area contributed by atoms with E-state index in [4.69, 9.17) is 0 Å². The van der Waals surface area contributed by atoms with E-state index in [0.29, 0.717) is 0 Å². The summed E-state index contributed by atoms with van der Waals surface area (Å²) in [6.07, 6.45) is 5.85. The Hall–Kier alpha value is -1.19. The Kier molecular flexibility index (Phi) is 6.19. The summed E-state index contributed by atoms with van der Waals surface area (Å²) in [5.41, 5.74) is 6.11.